The van der Waals surface area contributed by atoms with Crippen LogP contribution in [-0.4, -0.2) is 44.7 Å². The Morgan fingerprint density at radius 2 is 1.75 bits per heavy atom. The van der Waals surface area contributed by atoms with Crippen molar-refractivity contribution >= 4 is 31.2 Å². The van der Waals surface area contributed by atoms with Gasteiger partial charge in [-0.05, 0) is 37.1 Å². The molecule has 5 nitrogen and oxygen atoms in total. The third-order valence-corrected chi connectivity index (χ3v) is 9.23. The van der Waals surface area contributed by atoms with Gasteiger partial charge in [0, 0.05) is 18.3 Å². The van der Waals surface area contributed by atoms with Crippen LogP contribution in [0.1, 0.15) is 25.7 Å². The van der Waals surface area contributed by atoms with E-state index in [-0.39, 0.29) is 12.1 Å². The van der Waals surface area contributed by atoms with Crippen LogP contribution < -0.4 is 0 Å². The zero-order valence-electron chi connectivity index (χ0n) is 11.1. The molecule has 1 aromatic heterocycles. The van der Waals surface area contributed by atoms with E-state index in [1.807, 2.05) is 0 Å². The van der Waals surface area contributed by atoms with E-state index in [0.29, 0.717) is 17.1 Å². The van der Waals surface area contributed by atoms with Crippen molar-refractivity contribution in [2.75, 3.05) is 6.26 Å². The van der Waals surface area contributed by atoms with E-state index in [1.54, 1.807) is 21.8 Å². The van der Waals surface area contributed by atoms with Crippen LogP contribution in [-0.2, 0) is 19.9 Å². The van der Waals surface area contributed by atoms with Crippen LogP contribution in [0.3, 0.4) is 0 Å². The zero-order chi connectivity index (χ0) is 14.5. The van der Waals surface area contributed by atoms with Gasteiger partial charge in [-0.3, -0.25) is 0 Å². The summed E-state index contributed by atoms with van der Waals surface area (Å²) in [6.07, 6.45) is 3.64. The molecule has 2 fully saturated rings. The van der Waals surface area contributed by atoms with Gasteiger partial charge < -0.3 is 0 Å². The van der Waals surface area contributed by atoms with E-state index in [1.165, 1.54) is 17.6 Å². The molecule has 0 amide bonds. The number of rotatable bonds is 3. The molecule has 1 aromatic rings. The van der Waals surface area contributed by atoms with E-state index < -0.39 is 25.1 Å². The third kappa shape index (κ3) is 2.32. The van der Waals surface area contributed by atoms with Gasteiger partial charge in [0.2, 0.25) is 0 Å². The second-order valence-electron chi connectivity index (χ2n) is 5.57. The first-order valence-electron chi connectivity index (χ1n) is 6.56. The van der Waals surface area contributed by atoms with Gasteiger partial charge in [0.1, 0.15) is 14.0 Å². The number of fused-ring (bicyclic) bond motifs is 2. The van der Waals surface area contributed by atoms with Crippen LogP contribution >= 0.6 is 11.3 Å². The fraction of sp³-hybridized carbons (Fsp3) is 0.667. The largest absolute Gasteiger partial charge is 0.253 e. The summed E-state index contributed by atoms with van der Waals surface area (Å²) in [7, 11) is -6.56. The fourth-order valence-electron chi connectivity index (χ4n) is 3.34. The molecular formula is C12H17NO4S3. The van der Waals surface area contributed by atoms with Crippen molar-refractivity contribution in [3.05, 3.63) is 17.5 Å². The summed E-state index contributed by atoms with van der Waals surface area (Å²) in [6, 6.07) is 3.01. The fourth-order valence-corrected chi connectivity index (χ4v) is 7.47. The molecule has 0 spiro atoms. The molecule has 8 heteroatoms. The maximum Gasteiger partial charge on any atom is 0.253 e. The van der Waals surface area contributed by atoms with E-state index in [4.69, 9.17) is 0 Å². The average Bonchev–Trinajstić information content (AvgIpc) is 2.95. The molecule has 0 N–H and O–H groups in total. The minimum Gasteiger partial charge on any atom is -0.229 e. The summed E-state index contributed by atoms with van der Waals surface area (Å²) in [6.45, 7) is 0. The molecule has 20 heavy (non-hydrogen) atoms. The van der Waals surface area contributed by atoms with E-state index in [9.17, 15) is 16.8 Å². The predicted octanol–water partition coefficient (Wildman–Crippen LogP) is 1.48. The molecule has 2 atom stereocenters. The first-order chi connectivity index (χ1) is 9.30. The Bertz CT molecular complexity index is 679. The Balaban J connectivity index is 1.92. The van der Waals surface area contributed by atoms with Crippen molar-refractivity contribution in [1.82, 2.24) is 4.31 Å². The summed E-state index contributed by atoms with van der Waals surface area (Å²) < 4.78 is 50.7. The summed E-state index contributed by atoms with van der Waals surface area (Å²) in [5.74, 6) is 0. The third-order valence-electron chi connectivity index (χ3n) is 4.26. The monoisotopic (exact) mass is 335 g/mol. The highest BCUT2D eigenvalue weighted by atomic mass is 32.2. The number of thiophene rings is 1. The molecule has 2 bridgehead atoms. The predicted molar refractivity (Wildman–Crippen MR) is 78.0 cm³/mol. The van der Waals surface area contributed by atoms with Gasteiger partial charge in [0.15, 0.2) is 0 Å². The Hall–Kier alpha value is -0.440. The van der Waals surface area contributed by atoms with Crippen LogP contribution in [0.2, 0.25) is 0 Å². The Morgan fingerprint density at radius 1 is 1.15 bits per heavy atom. The van der Waals surface area contributed by atoms with Gasteiger partial charge in [0.05, 0.1) is 5.25 Å². The number of sulfonamides is 1. The zero-order valence-corrected chi connectivity index (χ0v) is 13.5. The average molecular weight is 335 g/mol. The van der Waals surface area contributed by atoms with Gasteiger partial charge in [-0.15, -0.1) is 11.3 Å². The lowest BCUT2D eigenvalue weighted by Crippen LogP contribution is -2.49. The van der Waals surface area contributed by atoms with Crippen LogP contribution in [0, 0.1) is 0 Å². The molecule has 2 aliphatic heterocycles. The molecule has 2 saturated heterocycles. The summed E-state index contributed by atoms with van der Waals surface area (Å²) >= 11 is 1.21. The van der Waals surface area contributed by atoms with Gasteiger partial charge in [-0.25, -0.2) is 16.8 Å². The minimum atomic E-state index is -3.47. The van der Waals surface area contributed by atoms with Crippen LogP contribution in [0.4, 0.5) is 0 Å². The lowest BCUT2D eigenvalue weighted by atomic mass is 10.1. The van der Waals surface area contributed by atoms with Crippen molar-refractivity contribution in [2.24, 2.45) is 0 Å². The molecular weight excluding hydrogens is 318 g/mol. The van der Waals surface area contributed by atoms with Crippen molar-refractivity contribution in [1.29, 1.82) is 0 Å². The Kier molecular flexibility index (Phi) is 3.47. The van der Waals surface area contributed by atoms with Gasteiger partial charge in [-0.1, -0.05) is 6.07 Å². The van der Waals surface area contributed by atoms with Gasteiger partial charge in [-0.2, -0.15) is 4.31 Å². The molecule has 3 rings (SSSR count). The van der Waals surface area contributed by atoms with Crippen LogP contribution in [0.25, 0.3) is 0 Å². The first-order valence-corrected chi connectivity index (χ1v) is 10.8. The molecule has 2 unspecified atom stereocenters. The topological polar surface area (TPSA) is 71.5 Å². The molecule has 3 heterocycles. The molecule has 0 aliphatic carbocycles. The van der Waals surface area contributed by atoms with Crippen molar-refractivity contribution in [3.63, 3.8) is 0 Å². The van der Waals surface area contributed by atoms with Crippen molar-refractivity contribution in [2.45, 2.75) is 47.2 Å². The lowest BCUT2D eigenvalue weighted by molar-refractivity contribution is 0.249. The Morgan fingerprint density at radius 3 is 2.20 bits per heavy atom. The molecule has 2 aliphatic rings. The first kappa shape index (κ1) is 14.5. The van der Waals surface area contributed by atoms with E-state index in [2.05, 4.69) is 0 Å². The highest BCUT2D eigenvalue weighted by Gasteiger charge is 2.49. The van der Waals surface area contributed by atoms with Crippen LogP contribution in [0.15, 0.2) is 21.7 Å². The standard InChI is InChI=1S/C12H17NO4S3/c1-19(14,15)11-7-9-4-5-10(8-11)13(9)20(16,17)12-3-2-6-18-12/h2-3,6,9-11H,4-5,7-8H2,1H3. The minimum absolute atomic E-state index is 0.166. The quantitative estimate of drug-likeness (QED) is 0.839. The highest BCUT2D eigenvalue weighted by molar-refractivity contribution is 7.91. The second-order valence-corrected chi connectivity index (χ2v) is 10.9. The van der Waals surface area contributed by atoms with E-state index >= 15 is 0 Å². The van der Waals surface area contributed by atoms with Gasteiger partial charge in [0.25, 0.3) is 10.0 Å². The van der Waals surface area contributed by atoms with Crippen LogP contribution in [0.5, 0.6) is 0 Å². The van der Waals surface area contributed by atoms with Crippen molar-refractivity contribution in [3.8, 4) is 0 Å². The number of hydrogen-bond donors (Lipinski definition) is 0. The maximum atomic E-state index is 12.7. The number of piperidine rings is 1. The second kappa shape index (κ2) is 4.79. The molecule has 0 aromatic carbocycles. The van der Waals surface area contributed by atoms with Crippen molar-refractivity contribution < 1.29 is 16.8 Å². The SMILES string of the molecule is CS(=O)(=O)C1CC2CCC(C1)N2S(=O)(=O)c1cccs1. The summed E-state index contributed by atoms with van der Waals surface area (Å²) in [4.78, 5) is 0. The number of sulfone groups is 1. The Labute approximate surface area is 123 Å². The van der Waals surface area contributed by atoms with Gasteiger partial charge >= 0.3 is 0 Å². The smallest absolute Gasteiger partial charge is 0.229 e. The highest BCUT2D eigenvalue weighted by Crippen LogP contribution is 2.42. The molecule has 0 radical (unpaired) electrons. The molecule has 112 valence electrons. The summed E-state index contributed by atoms with van der Waals surface area (Å²) in [5.41, 5.74) is 0. The lowest BCUT2D eigenvalue weighted by Gasteiger charge is -2.36. The number of hydrogen-bond acceptors (Lipinski definition) is 5. The molecule has 0 saturated carbocycles. The normalized spacial score (nSPS) is 31.6. The number of nitrogens with zero attached hydrogens (tertiary/aromatic N) is 1. The maximum absolute atomic E-state index is 12.7. The summed E-state index contributed by atoms with van der Waals surface area (Å²) in [5, 5.41) is 1.35. The van der Waals surface area contributed by atoms with E-state index in [0.717, 1.165) is 12.8 Å².